The summed E-state index contributed by atoms with van der Waals surface area (Å²) in [6.45, 7) is 2.04. The molecule has 0 radical (unpaired) electrons. The van der Waals surface area contributed by atoms with E-state index >= 15 is 0 Å². The van der Waals surface area contributed by atoms with Gasteiger partial charge in [0.1, 0.15) is 9.04 Å². The molecule has 4 nitrogen and oxygen atoms in total. The third kappa shape index (κ3) is 4.15. The van der Waals surface area contributed by atoms with Gasteiger partial charge in [0.05, 0.1) is 17.1 Å². The van der Waals surface area contributed by atoms with E-state index in [1.165, 1.54) is 0 Å². The van der Waals surface area contributed by atoms with Crippen LogP contribution < -0.4 is 5.73 Å². The van der Waals surface area contributed by atoms with E-state index in [1.54, 1.807) is 0 Å². The molecular weight excluding hydrogens is 448 g/mol. The number of nitrogens with two attached hydrogens (primary N) is 1. The molecule has 2 aromatic heterocycles. The van der Waals surface area contributed by atoms with Crippen LogP contribution in [0, 0.1) is 6.92 Å². The minimum absolute atomic E-state index is 0.101. The minimum Gasteiger partial charge on any atom is -0.396 e. The maximum atomic E-state index is 13.3. The number of thiophene rings is 1. The lowest BCUT2D eigenvalue weighted by molar-refractivity contribution is 0.597. The highest BCUT2D eigenvalue weighted by atomic mass is 32.2. The Bertz CT molecular complexity index is 1540. The lowest BCUT2D eigenvalue weighted by atomic mass is 10.00. The van der Waals surface area contributed by atoms with Gasteiger partial charge < -0.3 is 5.73 Å². The molecule has 2 heterocycles. The lowest BCUT2D eigenvalue weighted by Crippen LogP contribution is -2.05. The molecule has 164 valence electrons. The summed E-state index contributed by atoms with van der Waals surface area (Å²) in [6, 6.07) is 29.2. The van der Waals surface area contributed by atoms with Crippen LogP contribution in [0.5, 0.6) is 0 Å². The Balaban J connectivity index is 1.73. The summed E-state index contributed by atoms with van der Waals surface area (Å²) in [5.41, 5.74) is 12.3. The fourth-order valence-corrected chi connectivity index (χ4v) is 6.88. The lowest BCUT2D eigenvalue weighted by Gasteiger charge is -2.09. The summed E-state index contributed by atoms with van der Waals surface area (Å²) in [6.07, 6.45) is 0. The van der Waals surface area contributed by atoms with Crippen molar-refractivity contribution in [3.8, 4) is 22.4 Å². The third-order valence-electron chi connectivity index (χ3n) is 5.58. The number of fused-ring (bicyclic) bond motifs is 1. The molecular formula is C27H22N2O2S2. The second kappa shape index (κ2) is 8.46. The highest BCUT2D eigenvalue weighted by Gasteiger charge is 2.26. The zero-order chi connectivity index (χ0) is 23.0. The van der Waals surface area contributed by atoms with Crippen LogP contribution in [0.4, 0.5) is 5.69 Å². The van der Waals surface area contributed by atoms with E-state index in [0.29, 0.717) is 10.2 Å². The Kier molecular flexibility index (Phi) is 5.48. The second-order valence-electron chi connectivity index (χ2n) is 8.02. The largest absolute Gasteiger partial charge is 0.396 e. The summed E-state index contributed by atoms with van der Waals surface area (Å²) in [4.78, 5) is 5.46. The van der Waals surface area contributed by atoms with Crippen LogP contribution in [-0.2, 0) is 15.6 Å². The average molecular weight is 471 g/mol. The molecule has 0 unspecified atom stereocenters. The van der Waals surface area contributed by atoms with Crippen LogP contribution in [0.25, 0.3) is 32.6 Å². The number of rotatable bonds is 5. The van der Waals surface area contributed by atoms with E-state index in [1.807, 2.05) is 97.9 Å². The second-order valence-corrected chi connectivity index (χ2v) is 11.2. The minimum atomic E-state index is -3.63. The SMILES string of the molecule is Cc1ccc(-c2cc(-c3ccccc3)c3c(N)c(S(=O)(=O)Cc4ccccc4)sc3n2)cc1. The Morgan fingerprint density at radius 2 is 1.48 bits per heavy atom. The van der Waals surface area contributed by atoms with Crippen LogP contribution in [-0.4, -0.2) is 13.4 Å². The fraction of sp³-hybridized carbons (Fsp3) is 0.0741. The van der Waals surface area contributed by atoms with E-state index in [0.717, 1.165) is 44.8 Å². The molecule has 0 aliphatic carbocycles. The number of anilines is 1. The van der Waals surface area contributed by atoms with Crippen molar-refractivity contribution in [3.05, 3.63) is 102 Å². The third-order valence-corrected chi connectivity index (χ3v) is 8.98. The number of pyridine rings is 1. The van der Waals surface area contributed by atoms with Gasteiger partial charge in [-0.25, -0.2) is 13.4 Å². The van der Waals surface area contributed by atoms with Gasteiger partial charge in [0.2, 0.25) is 0 Å². The maximum Gasteiger partial charge on any atom is 0.194 e. The van der Waals surface area contributed by atoms with Gasteiger partial charge in [-0.1, -0.05) is 90.5 Å². The van der Waals surface area contributed by atoms with Crippen molar-refractivity contribution in [1.82, 2.24) is 4.98 Å². The van der Waals surface area contributed by atoms with Crippen molar-refractivity contribution >= 4 is 37.1 Å². The van der Waals surface area contributed by atoms with Crippen LogP contribution in [0.15, 0.2) is 95.2 Å². The topological polar surface area (TPSA) is 73.1 Å². The molecule has 5 aromatic rings. The first-order valence-electron chi connectivity index (χ1n) is 10.5. The summed E-state index contributed by atoms with van der Waals surface area (Å²) in [5, 5.41) is 0.689. The molecule has 5 rings (SSSR count). The highest BCUT2D eigenvalue weighted by Crippen LogP contribution is 2.43. The molecule has 0 aliphatic rings. The molecule has 0 saturated heterocycles. The zero-order valence-corrected chi connectivity index (χ0v) is 19.7. The Labute approximate surface area is 197 Å². The molecule has 0 fully saturated rings. The van der Waals surface area contributed by atoms with Gasteiger partial charge in [-0.05, 0) is 29.7 Å². The molecule has 0 bridgehead atoms. The van der Waals surface area contributed by atoms with E-state index in [-0.39, 0.29) is 15.6 Å². The molecule has 0 amide bonds. The molecule has 6 heteroatoms. The Morgan fingerprint density at radius 3 is 2.15 bits per heavy atom. The number of aryl methyl sites for hydroxylation is 1. The predicted octanol–water partition coefficient (Wildman–Crippen LogP) is 6.49. The van der Waals surface area contributed by atoms with E-state index in [2.05, 4.69) is 0 Å². The summed E-state index contributed by atoms with van der Waals surface area (Å²) in [5.74, 6) is -0.101. The number of hydrogen-bond acceptors (Lipinski definition) is 5. The van der Waals surface area contributed by atoms with Gasteiger partial charge in [0, 0.05) is 10.9 Å². The first kappa shape index (κ1) is 21.4. The molecule has 3 aromatic carbocycles. The number of aromatic nitrogens is 1. The van der Waals surface area contributed by atoms with E-state index in [4.69, 9.17) is 10.7 Å². The first-order chi connectivity index (χ1) is 15.9. The van der Waals surface area contributed by atoms with Gasteiger partial charge in [0.25, 0.3) is 0 Å². The number of nitrogens with zero attached hydrogens (tertiary/aromatic N) is 1. The number of nitrogen functional groups attached to an aromatic ring is 1. The molecule has 0 saturated carbocycles. The van der Waals surface area contributed by atoms with E-state index < -0.39 is 9.84 Å². The molecule has 0 aliphatic heterocycles. The van der Waals surface area contributed by atoms with Crippen LogP contribution in [0.2, 0.25) is 0 Å². The van der Waals surface area contributed by atoms with Crippen molar-refractivity contribution < 1.29 is 8.42 Å². The summed E-state index contributed by atoms with van der Waals surface area (Å²) in [7, 11) is -3.63. The fourth-order valence-electron chi connectivity index (χ4n) is 3.91. The maximum absolute atomic E-state index is 13.3. The molecule has 0 atom stereocenters. The van der Waals surface area contributed by atoms with Gasteiger partial charge in [-0.3, -0.25) is 0 Å². The standard InChI is InChI=1S/C27H22N2O2S2/c1-18-12-14-21(15-13-18)23-16-22(20-10-6-3-7-11-20)24-25(28)27(32-26(24)29-23)33(30,31)17-19-8-4-2-5-9-19/h2-16H,17,28H2,1H3. The number of hydrogen-bond donors (Lipinski definition) is 1. The van der Waals surface area contributed by atoms with Crippen molar-refractivity contribution in [1.29, 1.82) is 0 Å². The normalized spacial score (nSPS) is 11.7. The Morgan fingerprint density at radius 1 is 0.848 bits per heavy atom. The summed E-state index contributed by atoms with van der Waals surface area (Å²) >= 11 is 1.15. The van der Waals surface area contributed by atoms with Gasteiger partial charge in [-0.2, -0.15) is 0 Å². The molecule has 0 spiro atoms. The predicted molar refractivity (Wildman–Crippen MR) is 137 cm³/mol. The van der Waals surface area contributed by atoms with Crippen molar-refractivity contribution in [2.45, 2.75) is 16.9 Å². The first-order valence-corrected chi connectivity index (χ1v) is 13.0. The zero-order valence-electron chi connectivity index (χ0n) is 18.0. The van der Waals surface area contributed by atoms with Gasteiger partial charge in [-0.15, -0.1) is 11.3 Å². The molecule has 2 N–H and O–H groups in total. The number of sulfone groups is 1. The highest BCUT2D eigenvalue weighted by molar-refractivity contribution is 7.93. The summed E-state index contributed by atoms with van der Waals surface area (Å²) < 4.78 is 26.8. The Hall–Kier alpha value is -3.48. The van der Waals surface area contributed by atoms with E-state index in [9.17, 15) is 8.42 Å². The van der Waals surface area contributed by atoms with Crippen molar-refractivity contribution in [2.75, 3.05) is 5.73 Å². The average Bonchev–Trinajstić information content (AvgIpc) is 3.17. The monoisotopic (exact) mass is 470 g/mol. The van der Waals surface area contributed by atoms with Crippen LogP contribution >= 0.6 is 11.3 Å². The molecule has 33 heavy (non-hydrogen) atoms. The van der Waals surface area contributed by atoms with Crippen LogP contribution in [0.3, 0.4) is 0 Å². The quantitative estimate of drug-likeness (QED) is 0.318. The van der Waals surface area contributed by atoms with Crippen molar-refractivity contribution in [2.24, 2.45) is 0 Å². The van der Waals surface area contributed by atoms with Crippen LogP contribution in [0.1, 0.15) is 11.1 Å². The smallest absolute Gasteiger partial charge is 0.194 e. The van der Waals surface area contributed by atoms with Gasteiger partial charge in [0.15, 0.2) is 9.84 Å². The van der Waals surface area contributed by atoms with Gasteiger partial charge >= 0.3 is 0 Å². The van der Waals surface area contributed by atoms with Crippen molar-refractivity contribution in [3.63, 3.8) is 0 Å². The number of benzene rings is 3.